The third-order valence-corrected chi connectivity index (χ3v) is 4.00. The molecule has 2 unspecified atom stereocenters. The summed E-state index contributed by atoms with van der Waals surface area (Å²) in [6.45, 7) is 3.16. The maximum absolute atomic E-state index is 12.6. The van der Waals surface area contributed by atoms with Crippen LogP contribution in [0.25, 0.3) is 0 Å². The van der Waals surface area contributed by atoms with Gasteiger partial charge in [-0.1, -0.05) is 28.1 Å². The Morgan fingerprint density at radius 3 is 2.95 bits per heavy atom. The van der Waals surface area contributed by atoms with Gasteiger partial charge in [-0.3, -0.25) is 4.79 Å². The summed E-state index contributed by atoms with van der Waals surface area (Å²) in [6.07, 6.45) is 0.0508. The lowest BCUT2D eigenvalue weighted by molar-refractivity contribution is -0.0362. The first kappa shape index (κ1) is 14.3. The standard InChI is InChI=1S/C14H18BrNO3/c1-10-9-19-11(7-15)8-16(10)14(17)12-5-3-4-6-13(12)18-2/h3-6,10-11H,7-9H2,1-2H3. The van der Waals surface area contributed by atoms with Crippen molar-refractivity contribution < 1.29 is 14.3 Å². The third kappa shape index (κ3) is 3.09. The fourth-order valence-electron chi connectivity index (χ4n) is 2.17. The molecule has 0 aromatic heterocycles. The Kier molecular flexibility index (Phi) is 4.82. The monoisotopic (exact) mass is 327 g/mol. The smallest absolute Gasteiger partial charge is 0.258 e. The minimum absolute atomic E-state index is 0.000741. The Hall–Kier alpha value is -1.07. The summed E-state index contributed by atoms with van der Waals surface area (Å²) in [4.78, 5) is 14.5. The molecule has 1 aromatic carbocycles. The van der Waals surface area contributed by atoms with E-state index >= 15 is 0 Å². The van der Waals surface area contributed by atoms with Crippen LogP contribution in [0.15, 0.2) is 24.3 Å². The molecule has 0 aliphatic carbocycles. The summed E-state index contributed by atoms with van der Waals surface area (Å²) in [7, 11) is 1.58. The number of nitrogens with zero attached hydrogens (tertiary/aromatic N) is 1. The number of rotatable bonds is 3. The molecule has 1 heterocycles. The normalized spacial score (nSPS) is 23.2. The predicted octanol–water partition coefficient (Wildman–Crippen LogP) is 2.32. The summed E-state index contributed by atoms with van der Waals surface area (Å²) in [6, 6.07) is 7.39. The van der Waals surface area contributed by atoms with E-state index in [1.54, 1.807) is 19.2 Å². The average molecular weight is 328 g/mol. The molecule has 19 heavy (non-hydrogen) atoms. The highest BCUT2D eigenvalue weighted by atomic mass is 79.9. The topological polar surface area (TPSA) is 38.8 Å². The molecule has 104 valence electrons. The van der Waals surface area contributed by atoms with Gasteiger partial charge in [0, 0.05) is 11.9 Å². The number of ether oxygens (including phenoxy) is 2. The van der Waals surface area contributed by atoms with Crippen LogP contribution in [0.4, 0.5) is 0 Å². The lowest BCUT2D eigenvalue weighted by atomic mass is 10.1. The molecular weight excluding hydrogens is 310 g/mol. The summed E-state index contributed by atoms with van der Waals surface area (Å²) in [5.41, 5.74) is 0.604. The second-order valence-corrected chi connectivity index (χ2v) is 5.26. The molecule has 1 amide bonds. The highest BCUT2D eigenvalue weighted by molar-refractivity contribution is 9.09. The molecular formula is C14H18BrNO3. The Morgan fingerprint density at radius 2 is 2.26 bits per heavy atom. The van der Waals surface area contributed by atoms with Crippen molar-refractivity contribution in [1.82, 2.24) is 4.90 Å². The number of hydrogen-bond acceptors (Lipinski definition) is 3. The van der Waals surface area contributed by atoms with Crippen LogP contribution < -0.4 is 4.74 Å². The van der Waals surface area contributed by atoms with Gasteiger partial charge >= 0.3 is 0 Å². The first-order chi connectivity index (χ1) is 9.17. The second-order valence-electron chi connectivity index (χ2n) is 4.62. The van der Waals surface area contributed by atoms with E-state index in [1.807, 2.05) is 24.0 Å². The molecule has 1 aromatic rings. The number of morpholine rings is 1. The van der Waals surface area contributed by atoms with Crippen molar-refractivity contribution in [2.45, 2.75) is 19.1 Å². The number of hydrogen-bond donors (Lipinski definition) is 0. The van der Waals surface area contributed by atoms with Gasteiger partial charge in [0.05, 0.1) is 31.4 Å². The van der Waals surface area contributed by atoms with E-state index in [0.717, 1.165) is 5.33 Å². The second kappa shape index (κ2) is 6.39. The van der Waals surface area contributed by atoms with E-state index < -0.39 is 0 Å². The molecule has 2 atom stereocenters. The summed E-state index contributed by atoms with van der Waals surface area (Å²) in [5, 5.41) is 0.732. The predicted molar refractivity (Wildman–Crippen MR) is 77.0 cm³/mol. The van der Waals surface area contributed by atoms with Crippen LogP contribution in [0.3, 0.4) is 0 Å². The van der Waals surface area contributed by atoms with Crippen LogP contribution in [-0.4, -0.2) is 48.5 Å². The van der Waals surface area contributed by atoms with Crippen LogP contribution in [0, 0.1) is 0 Å². The molecule has 0 saturated carbocycles. The Balaban J connectivity index is 2.22. The van der Waals surface area contributed by atoms with Gasteiger partial charge in [0.2, 0.25) is 0 Å². The summed E-state index contributed by atoms with van der Waals surface area (Å²) < 4.78 is 10.9. The molecule has 4 nitrogen and oxygen atoms in total. The first-order valence-corrected chi connectivity index (χ1v) is 7.41. The Labute approximate surface area is 121 Å². The zero-order valence-electron chi connectivity index (χ0n) is 11.1. The fraction of sp³-hybridized carbons (Fsp3) is 0.500. The van der Waals surface area contributed by atoms with Gasteiger partial charge in [0.25, 0.3) is 5.91 Å². The largest absolute Gasteiger partial charge is 0.496 e. The zero-order chi connectivity index (χ0) is 13.8. The molecule has 1 aliphatic heterocycles. The summed E-state index contributed by atoms with van der Waals surface area (Å²) in [5.74, 6) is 0.612. The Bertz CT molecular complexity index is 452. The maximum Gasteiger partial charge on any atom is 0.258 e. The van der Waals surface area contributed by atoms with Gasteiger partial charge in [-0.15, -0.1) is 0 Å². The van der Waals surface area contributed by atoms with E-state index in [-0.39, 0.29) is 18.1 Å². The van der Waals surface area contributed by atoms with Gasteiger partial charge in [0.15, 0.2) is 0 Å². The van der Waals surface area contributed by atoms with Crippen LogP contribution in [0.5, 0.6) is 5.75 Å². The van der Waals surface area contributed by atoms with Crippen LogP contribution >= 0.6 is 15.9 Å². The Morgan fingerprint density at radius 1 is 1.53 bits per heavy atom. The maximum atomic E-state index is 12.6. The number of alkyl halides is 1. The highest BCUT2D eigenvalue weighted by Crippen LogP contribution is 2.22. The summed E-state index contributed by atoms with van der Waals surface area (Å²) >= 11 is 3.40. The van der Waals surface area contributed by atoms with Crippen molar-refractivity contribution in [3.63, 3.8) is 0 Å². The lowest BCUT2D eigenvalue weighted by Gasteiger charge is -2.37. The zero-order valence-corrected chi connectivity index (χ0v) is 12.7. The van der Waals surface area contributed by atoms with Crippen molar-refractivity contribution in [2.24, 2.45) is 0 Å². The molecule has 1 fully saturated rings. The minimum Gasteiger partial charge on any atom is -0.496 e. The number of amides is 1. The molecule has 1 saturated heterocycles. The van der Waals surface area contributed by atoms with Gasteiger partial charge in [0.1, 0.15) is 5.75 Å². The van der Waals surface area contributed by atoms with E-state index in [9.17, 15) is 4.79 Å². The van der Waals surface area contributed by atoms with E-state index in [4.69, 9.17) is 9.47 Å². The SMILES string of the molecule is COc1ccccc1C(=O)N1CC(CBr)OCC1C. The number of benzene rings is 1. The lowest BCUT2D eigenvalue weighted by Crippen LogP contribution is -2.51. The molecule has 0 spiro atoms. The molecule has 5 heteroatoms. The third-order valence-electron chi connectivity index (χ3n) is 3.28. The fourth-order valence-corrected chi connectivity index (χ4v) is 2.56. The van der Waals surface area contributed by atoms with Crippen molar-refractivity contribution >= 4 is 21.8 Å². The minimum atomic E-state index is -0.000741. The van der Waals surface area contributed by atoms with Crippen molar-refractivity contribution in [3.05, 3.63) is 29.8 Å². The average Bonchev–Trinajstić information content (AvgIpc) is 2.47. The highest BCUT2D eigenvalue weighted by Gasteiger charge is 2.30. The first-order valence-electron chi connectivity index (χ1n) is 6.29. The quantitative estimate of drug-likeness (QED) is 0.800. The molecule has 0 N–H and O–H groups in total. The van der Waals surface area contributed by atoms with Crippen LogP contribution in [-0.2, 0) is 4.74 Å². The van der Waals surface area contributed by atoms with E-state index in [0.29, 0.717) is 24.5 Å². The molecule has 2 rings (SSSR count). The van der Waals surface area contributed by atoms with Crippen LogP contribution in [0.1, 0.15) is 17.3 Å². The van der Waals surface area contributed by atoms with Gasteiger partial charge in [-0.25, -0.2) is 0 Å². The van der Waals surface area contributed by atoms with Gasteiger partial charge in [-0.2, -0.15) is 0 Å². The van der Waals surface area contributed by atoms with Gasteiger partial charge in [-0.05, 0) is 19.1 Å². The van der Waals surface area contributed by atoms with E-state index in [2.05, 4.69) is 15.9 Å². The van der Waals surface area contributed by atoms with Gasteiger partial charge < -0.3 is 14.4 Å². The van der Waals surface area contributed by atoms with Crippen molar-refractivity contribution in [2.75, 3.05) is 25.6 Å². The van der Waals surface area contributed by atoms with Crippen molar-refractivity contribution in [3.8, 4) is 5.75 Å². The molecule has 0 radical (unpaired) electrons. The molecule has 0 bridgehead atoms. The number of halogens is 1. The number of carbonyl (C=O) groups excluding carboxylic acids is 1. The van der Waals surface area contributed by atoms with Crippen LogP contribution in [0.2, 0.25) is 0 Å². The molecule has 1 aliphatic rings. The van der Waals surface area contributed by atoms with E-state index in [1.165, 1.54) is 0 Å². The number of carbonyl (C=O) groups is 1. The number of para-hydroxylation sites is 1. The number of methoxy groups -OCH3 is 1. The van der Waals surface area contributed by atoms with Crippen molar-refractivity contribution in [1.29, 1.82) is 0 Å².